The van der Waals surface area contributed by atoms with Crippen molar-refractivity contribution in [2.24, 2.45) is 10.2 Å². The molecule has 0 saturated carbocycles. The van der Waals surface area contributed by atoms with E-state index in [1.54, 1.807) is 19.1 Å². The van der Waals surface area contributed by atoms with E-state index in [1.807, 2.05) is 13.8 Å². The first-order valence-corrected chi connectivity index (χ1v) is 6.08. The maximum absolute atomic E-state index is 13.9. The van der Waals surface area contributed by atoms with Crippen molar-refractivity contribution in [2.75, 3.05) is 0 Å². The quantitative estimate of drug-likeness (QED) is 0.834. The molecule has 100 valence electrons. The third-order valence-corrected chi connectivity index (χ3v) is 2.75. The Morgan fingerprint density at radius 2 is 2.05 bits per heavy atom. The van der Waals surface area contributed by atoms with Gasteiger partial charge in [0.1, 0.15) is 11.6 Å². The van der Waals surface area contributed by atoms with Gasteiger partial charge >= 0.3 is 0 Å². The molecule has 0 spiro atoms. The molecule has 1 aliphatic heterocycles. The Labute approximate surface area is 111 Å². The molecular weight excluding hydrogens is 247 g/mol. The first-order chi connectivity index (χ1) is 8.97. The minimum absolute atomic E-state index is 0.00999. The highest BCUT2D eigenvalue weighted by atomic mass is 19.1. The number of azo groups is 1. The number of ether oxygens (including phenoxy) is 1. The largest absolute Gasteiger partial charge is 0.491 e. The number of hydrogen-bond donors (Lipinski definition) is 0. The normalized spacial score (nSPS) is 14.7. The molecule has 0 aliphatic carbocycles. The minimum atomic E-state index is -0.391. The molecule has 0 saturated heterocycles. The van der Waals surface area contributed by atoms with Crippen molar-refractivity contribution < 1.29 is 13.9 Å². The van der Waals surface area contributed by atoms with E-state index < -0.39 is 5.82 Å². The molecule has 0 radical (unpaired) electrons. The highest BCUT2D eigenvalue weighted by Gasteiger charge is 2.20. The molecule has 19 heavy (non-hydrogen) atoms. The molecular formula is C14H15FN2O2. The molecule has 1 aromatic carbocycles. The van der Waals surface area contributed by atoms with E-state index >= 15 is 0 Å². The van der Waals surface area contributed by atoms with Crippen molar-refractivity contribution in [3.05, 3.63) is 40.8 Å². The van der Waals surface area contributed by atoms with Gasteiger partial charge in [-0.05, 0) is 32.4 Å². The lowest BCUT2D eigenvalue weighted by atomic mass is 10.0. The number of nitrogens with zero attached hydrogens (tertiary/aromatic N) is 2. The van der Waals surface area contributed by atoms with Crippen LogP contribution in [0.4, 0.5) is 4.39 Å². The fraction of sp³-hybridized carbons (Fsp3) is 0.357. The summed E-state index contributed by atoms with van der Waals surface area (Å²) < 4.78 is 19.3. The van der Waals surface area contributed by atoms with Crippen LogP contribution in [-0.4, -0.2) is 12.0 Å². The summed E-state index contributed by atoms with van der Waals surface area (Å²) in [6, 6.07) is 4.65. The van der Waals surface area contributed by atoms with Crippen LogP contribution < -0.4 is 4.74 Å². The van der Waals surface area contributed by atoms with Crippen LogP contribution in [0.15, 0.2) is 39.7 Å². The second-order valence-electron chi connectivity index (χ2n) is 4.67. The van der Waals surface area contributed by atoms with Crippen molar-refractivity contribution in [3.63, 3.8) is 0 Å². The minimum Gasteiger partial charge on any atom is -0.491 e. The van der Waals surface area contributed by atoms with Gasteiger partial charge in [0.05, 0.1) is 11.8 Å². The SMILES string of the molecule is CC1=C(Cc2ccc(OC(C)C)cc2F)C(=O)N=N1. The Bertz CT molecular complexity index is 577. The van der Waals surface area contributed by atoms with Gasteiger partial charge in [0, 0.05) is 18.1 Å². The van der Waals surface area contributed by atoms with Crippen LogP contribution in [-0.2, 0) is 11.2 Å². The Kier molecular flexibility index (Phi) is 3.74. The molecule has 0 fully saturated rings. The van der Waals surface area contributed by atoms with E-state index in [0.29, 0.717) is 22.6 Å². The van der Waals surface area contributed by atoms with Crippen LogP contribution in [0.5, 0.6) is 5.75 Å². The van der Waals surface area contributed by atoms with Crippen molar-refractivity contribution in [3.8, 4) is 5.75 Å². The van der Waals surface area contributed by atoms with Gasteiger partial charge in [-0.15, -0.1) is 5.11 Å². The summed E-state index contributed by atoms with van der Waals surface area (Å²) in [4.78, 5) is 11.4. The molecule has 5 heteroatoms. The number of hydrogen-bond acceptors (Lipinski definition) is 3. The lowest BCUT2D eigenvalue weighted by molar-refractivity contribution is -0.114. The summed E-state index contributed by atoms with van der Waals surface area (Å²) in [5.74, 6) is -0.299. The molecule has 2 rings (SSSR count). The number of carbonyl (C=O) groups excluding carboxylic acids is 1. The zero-order valence-corrected chi connectivity index (χ0v) is 11.1. The fourth-order valence-corrected chi connectivity index (χ4v) is 1.81. The molecule has 1 amide bonds. The third kappa shape index (κ3) is 3.05. The maximum atomic E-state index is 13.9. The molecule has 0 bridgehead atoms. The van der Waals surface area contributed by atoms with Gasteiger partial charge in [0.2, 0.25) is 0 Å². The molecule has 1 aliphatic rings. The molecule has 0 atom stereocenters. The average molecular weight is 262 g/mol. The van der Waals surface area contributed by atoms with Gasteiger partial charge in [-0.25, -0.2) is 4.39 Å². The van der Waals surface area contributed by atoms with Gasteiger partial charge in [0.25, 0.3) is 5.91 Å². The molecule has 1 aromatic rings. The van der Waals surface area contributed by atoms with Gasteiger partial charge in [-0.2, -0.15) is 5.11 Å². The average Bonchev–Trinajstić information content (AvgIpc) is 2.63. The molecule has 0 aromatic heterocycles. The standard InChI is InChI=1S/C14H15FN2O2/c1-8(2)19-11-5-4-10(13(15)7-11)6-12-9(3)16-17-14(12)18/h4-5,7-8H,6H2,1-3H3. The van der Waals surface area contributed by atoms with E-state index in [1.165, 1.54) is 6.07 Å². The zero-order valence-electron chi connectivity index (χ0n) is 11.1. The highest BCUT2D eigenvalue weighted by Crippen LogP contribution is 2.24. The van der Waals surface area contributed by atoms with Gasteiger partial charge in [-0.1, -0.05) is 6.07 Å². The van der Waals surface area contributed by atoms with Crippen LogP contribution in [0, 0.1) is 5.82 Å². The predicted octanol–water partition coefficient (Wildman–Crippen LogP) is 3.42. The Morgan fingerprint density at radius 1 is 1.32 bits per heavy atom. The van der Waals surface area contributed by atoms with Gasteiger partial charge in [0.15, 0.2) is 0 Å². The summed E-state index contributed by atoms with van der Waals surface area (Å²) in [5, 5.41) is 7.14. The Morgan fingerprint density at radius 3 is 2.58 bits per heavy atom. The van der Waals surface area contributed by atoms with Crippen molar-refractivity contribution >= 4 is 5.91 Å². The zero-order chi connectivity index (χ0) is 14.0. The van der Waals surface area contributed by atoms with Crippen molar-refractivity contribution in [2.45, 2.75) is 33.3 Å². The first-order valence-electron chi connectivity index (χ1n) is 6.08. The van der Waals surface area contributed by atoms with Crippen LogP contribution >= 0.6 is 0 Å². The van der Waals surface area contributed by atoms with E-state index in [4.69, 9.17) is 4.74 Å². The number of rotatable bonds is 4. The Hall–Kier alpha value is -2.04. The van der Waals surface area contributed by atoms with Gasteiger partial charge < -0.3 is 4.74 Å². The number of amides is 1. The second-order valence-corrected chi connectivity index (χ2v) is 4.67. The molecule has 4 nitrogen and oxygen atoms in total. The van der Waals surface area contributed by atoms with E-state index in [0.717, 1.165) is 0 Å². The van der Waals surface area contributed by atoms with Crippen molar-refractivity contribution in [1.82, 2.24) is 0 Å². The summed E-state index contributed by atoms with van der Waals surface area (Å²) in [6.07, 6.45) is 0.190. The number of carbonyl (C=O) groups is 1. The van der Waals surface area contributed by atoms with Gasteiger partial charge in [-0.3, -0.25) is 4.79 Å². The number of halogens is 1. The predicted molar refractivity (Wildman–Crippen MR) is 68.4 cm³/mol. The second kappa shape index (κ2) is 5.30. The van der Waals surface area contributed by atoms with Crippen LogP contribution in [0.25, 0.3) is 0 Å². The fourth-order valence-electron chi connectivity index (χ4n) is 1.81. The topological polar surface area (TPSA) is 51.0 Å². The van der Waals surface area contributed by atoms with Crippen molar-refractivity contribution in [1.29, 1.82) is 0 Å². The molecule has 0 N–H and O–H groups in total. The lowest BCUT2D eigenvalue weighted by Crippen LogP contribution is -2.07. The Balaban J connectivity index is 2.19. The van der Waals surface area contributed by atoms with Crippen LogP contribution in [0.2, 0.25) is 0 Å². The lowest BCUT2D eigenvalue weighted by Gasteiger charge is -2.11. The maximum Gasteiger partial charge on any atom is 0.293 e. The molecule has 1 heterocycles. The summed E-state index contributed by atoms with van der Waals surface area (Å²) in [6.45, 7) is 5.44. The highest BCUT2D eigenvalue weighted by molar-refractivity contribution is 5.96. The number of allylic oxidation sites excluding steroid dienone is 1. The number of benzene rings is 1. The third-order valence-electron chi connectivity index (χ3n) is 2.75. The van der Waals surface area contributed by atoms with Crippen LogP contribution in [0.3, 0.4) is 0 Å². The van der Waals surface area contributed by atoms with E-state index in [-0.39, 0.29) is 18.4 Å². The smallest absolute Gasteiger partial charge is 0.293 e. The monoisotopic (exact) mass is 262 g/mol. The summed E-state index contributed by atoms with van der Waals surface area (Å²) in [5.41, 5.74) is 1.43. The summed E-state index contributed by atoms with van der Waals surface area (Å²) >= 11 is 0. The van der Waals surface area contributed by atoms with E-state index in [9.17, 15) is 9.18 Å². The molecule has 0 unspecified atom stereocenters. The van der Waals surface area contributed by atoms with Crippen LogP contribution in [0.1, 0.15) is 26.3 Å². The first kappa shape index (κ1) is 13.4. The summed E-state index contributed by atoms with van der Waals surface area (Å²) in [7, 11) is 0. The van der Waals surface area contributed by atoms with E-state index in [2.05, 4.69) is 10.2 Å².